The second-order valence-electron chi connectivity index (χ2n) is 7.35. The number of benzene rings is 3. The van der Waals surface area contributed by atoms with Gasteiger partial charge in [-0.3, -0.25) is 9.10 Å². The Morgan fingerprint density at radius 2 is 1.53 bits per heavy atom. The highest BCUT2D eigenvalue weighted by molar-refractivity contribution is 7.92. The minimum atomic E-state index is -3.49. The van der Waals surface area contributed by atoms with Crippen LogP contribution in [0.5, 0.6) is 0 Å². The largest absolute Gasteiger partial charge is 0.346 e. The number of hydrogen-bond acceptors (Lipinski definition) is 3. The third-order valence-electron chi connectivity index (χ3n) is 5.04. The van der Waals surface area contributed by atoms with Crippen LogP contribution in [0.1, 0.15) is 40.0 Å². The Hall–Kier alpha value is -3.12. The van der Waals surface area contributed by atoms with E-state index in [-0.39, 0.29) is 18.5 Å². The van der Waals surface area contributed by atoms with Crippen molar-refractivity contribution in [3.8, 4) is 0 Å². The molecule has 0 aliphatic carbocycles. The lowest BCUT2D eigenvalue weighted by molar-refractivity contribution is 0.0940. The van der Waals surface area contributed by atoms with Gasteiger partial charge < -0.3 is 5.32 Å². The van der Waals surface area contributed by atoms with E-state index in [2.05, 4.69) is 5.32 Å². The molecule has 0 aromatic heterocycles. The maximum Gasteiger partial charge on any atom is 0.251 e. The van der Waals surface area contributed by atoms with Gasteiger partial charge in [-0.15, -0.1) is 0 Å². The molecule has 0 aliphatic rings. The number of carbonyl (C=O) groups excluding carboxylic acids is 1. The maximum absolute atomic E-state index is 12.6. The number of amides is 1. The molecule has 1 N–H and O–H groups in total. The molecule has 1 amide bonds. The van der Waals surface area contributed by atoms with Gasteiger partial charge in [-0.25, -0.2) is 8.42 Å². The second kappa shape index (κ2) is 9.13. The summed E-state index contributed by atoms with van der Waals surface area (Å²) in [7, 11) is -3.49. The number of aryl methyl sites for hydroxylation is 1. The SMILES string of the molecule is Cc1ccccc1CN(c1ccc(C(=O)N[C@H](C)c2ccccc2)cc1)S(C)(=O)=O. The van der Waals surface area contributed by atoms with Crippen LogP contribution in [0.25, 0.3) is 0 Å². The van der Waals surface area contributed by atoms with Crippen LogP contribution in [-0.4, -0.2) is 20.6 Å². The topological polar surface area (TPSA) is 66.5 Å². The average Bonchev–Trinajstić information content (AvgIpc) is 2.73. The first-order valence-electron chi connectivity index (χ1n) is 9.74. The average molecular weight is 423 g/mol. The Morgan fingerprint density at radius 3 is 2.13 bits per heavy atom. The molecule has 0 aliphatic heterocycles. The van der Waals surface area contributed by atoms with Crippen molar-refractivity contribution in [2.24, 2.45) is 0 Å². The van der Waals surface area contributed by atoms with Crippen molar-refractivity contribution in [2.75, 3.05) is 10.6 Å². The highest BCUT2D eigenvalue weighted by atomic mass is 32.2. The Morgan fingerprint density at radius 1 is 0.933 bits per heavy atom. The summed E-state index contributed by atoms with van der Waals surface area (Å²) >= 11 is 0. The first kappa shape index (κ1) is 21.6. The summed E-state index contributed by atoms with van der Waals surface area (Å²) in [6.07, 6.45) is 1.19. The van der Waals surface area contributed by atoms with Crippen molar-refractivity contribution < 1.29 is 13.2 Å². The van der Waals surface area contributed by atoms with Crippen LogP contribution in [0.2, 0.25) is 0 Å². The maximum atomic E-state index is 12.6. The number of hydrogen-bond donors (Lipinski definition) is 1. The first-order chi connectivity index (χ1) is 14.3. The third kappa shape index (κ3) is 5.27. The molecule has 0 saturated carbocycles. The summed E-state index contributed by atoms with van der Waals surface area (Å²) in [5.74, 6) is -0.206. The zero-order chi connectivity index (χ0) is 21.7. The summed E-state index contributed by atoms with van der Waals surface area (Å²) in [4.78, 5) is 12.6. The number of rotatable bonds is 7. The van der Waals surface area contributed by atoms with Crippen molar-refractivity contribution >= 4 is 21.6 Å². The molecule has 3 aromatic rings. The van der Waals surface area contributed by atoms with Gasteiger partial charge in [-0.05, 0) is 54.8 Å². The molecule has 0 bridgehead atoms. The predicted octanol–water partition coefficient (Wildman–Crippen LogP) is 4.45. The van der Waals surface area contributed by atoms with Gasteiger partial charge in [0.05, 0.1) is 24.5 Å². The van der Waals surface area contributed by atoms with Gasteiger partial charge in [0.25, 0.3) is 5.91 Å². The zero-order valence-electron chi connectivity index (χ0n) is 17.4. The highest BCUT2D eigenvalue weighted by Gasteiger charge is 2.19. The summed E-state index contributed by atoms with van der Waals surface area (Å²) < 4.78 is 26.2. The fourth-order valence-electron chi connectivity index (χ4n) is 3.23. The number of anilines is 1. The van der Waals surface area contributed by atoms with Crippen LogP contribution in [0.4, 0.5) is 5.69 Å². The molecule has 3 aromatic carbocycles. The Bertz CT molecular complexity index is 1110. The molecule has 1 atom stereocenters. The minimum absolute atomic E-state index is 0.132. The molecule has 5 nitrogen and oxygen atoms in total. The van der Waals surface area contributed by atoms with Crippen molar-refractivity contribution in [2.45, 2.75) is 26.4 Å². The normalized spacial score (nSPS) is 12.2. The molecule has 0 radical (unpaired) electrons. The standard InChI is InChI=1S/C24H26N2O3S/c1-18-9-7-8-12-22(18)17-26(30(3,28)29)23-15-13-21(14-16-23)24(27)25-19(2)20-10-5-4-6-11-20/h4-16,19H,17H2,1-3H3,(H,25,27)/t19-/m1/s1. The molecule has 0 saturated heterocycles. The number of sulfonamides is 1. The van der Waals surface area contributed by atoms with Crippen LogP contribution in [0.15, 0.2) is 78.9 Å². The molecule has 0 spiro atoms. The lowest BCUT2D eigenvalue weighted by atomic mass is 10.1. The van der Waals surface area contributed by atoms with Crippen LogP contribution >= 0.6 is 0 Å². The van der Waals surface area contributed by atoms with E-state index in [9.17, 15) is 13.2 Å². The predicted molar refractivity (Wildman–Crippen MR) is 121 cm³/mol. The van der Waals surface area contributed by atoms with Crippen LogP contribution in [0.3, 0.4) is 0 Å². The lowest BCUT2D eigenvalue weighted by Crippen LogP contribution is -2.30. The number of nitrogens with zero attached hydrogens (tertiary/aromatic N) is 1. The molecule has 3 rings (SSSR count). The summed E-state index contributed by atoms with van der Waals surface area (Å²) in [6.45, 7) is 4.12. The highest BCUT2D eigenvalue weighted by Crippen LogP contribution is 2.23. The van der Waals surface area contributed by atoms with Crippen LogP contribution in [0, 0.1) is 6.92 Å². The van der Waals surface area contributed by atoms with Crippen molar-refractivity contribution in [1.82, 2.24) is 5.32 Å². The van der Waals surface area contributed by atoms with Gasteiger partial charge in [-0.1, -0.05) is 54.6 Å². The van der Waals surface area contributed by atoms with E-state index < -0.39 is 10.0 Å². The van der Waals surface area contributed by atoms with E-state index >= 15 is 0 Å². The van der Waals surface area contributed by atoms with Crippen molar-refractivity contribution in [3.63, 3.8) is 0 Å². The third-order valence-corrected chi connectivity index (χ3v) is 6.18. The molecule has 156 valence electrons. The monoisotopic (exact) mass is 422 g/mol. The molecule has 0 heterocycles. The van der Waals surface area contributed by atoms with Crippen molar-refractivity contribution in [3.05, 3.63) is 101 Å². The Kier molecular flexibility index (Phi) is 6.57. The van der Waals surface area contributed by atoms with E-state index in [0.29, 0.717) is 11.3 Å². The molecular weight excluding hydrogens is 396 g/mol. The molecule has 0 fully saturated rings. The fraction of sp³-hybridized carbons (Fsp3) is 0.208. The van der Waals surface area contributed by atoms with Gasteiger partial charge in [-0.2, -0.15) is 0 Å². The molecular formula is C24H26N2O3S. The van der Waals surface area contributed by atoms with Crippen molar-refractivity contribution in [1.29, 1.82) is 0 Å². The summed E-state index contributed by atoms with van der Waals surface area (Å²) in [6, 6.07) is 23.9. The summed E-state index contributed by atoms with van der Waals surface area (Å²) in [5, 5.41) is 2.97. The first-order valence-corrected chi connectivity index (χ1v) is 11.6. The number of nitrogens with one attached hydrogen (secondary N) is 1. The fourth-order valence-corrected chi connectivity index (χ4v) is 4.10. The van der Waals surface area contributed by atoms with Crippen LogP contribution in [-0.2, 0) is 16.6 Å². The van der Waals surface area contributed by atoms with E-state index in [1.807, 2.05) is 68.4 Å². The number of carbonyl (C=O) groups is 1. The van der Waals surface area contributed by atoms with Gasteiger partial charge >= 0.3 is 0 Å². The van der Waals surface area contributed by atoms with E-state index in [1.165, 1.54) is 10.6 Å². The van der Waals surface area contributed by atoms with E-state index in [4.69, 9.17) is 0 Å². The summed E-state index contributed by atoms with van der Waals surface area (Å²) in [5.41, 5.74) is 3.97. The van der Waals surface area contributed by atoms with E-state index in [1.54, 1.807) is 24.3 Å². The van der Waals surface area contributed by atoms with Crippen LogP contribution < -0.4 is 9.62 Å². The van der Waals surface area contributed by atoms with Gasteiger partial charge in [0.1, 0.15) is 0 Å². The Labute approximate surface area is 178 Å². The minimum Gasteiger partial charge on any atom is -0.346 e. The quantitative estimate of drug-likeness (QED) is 0.612. The second-order valence-corrected chi connectivity index (χ2v) is 9.26. The Balaban J connectivity index is 1.78. The zero-order valence-corrected chi connectivity index (χ0v) is 18.2. The van der Waals surface area contributed by atoms with Gasteiger partial charge in [0.2, 0.25) is 10.0 Å². The lowest BCUT2D eigenvalue weighted by Gasteiger charge is -2.23. The van der Waals surface area contributed by atoms with E-state index in [0.717, 1.165) is 16.7 Å². The molecule has 0 unspecified atom stereocenters. The van der Waals surface area contributed by atoms with Gasteiger partial charge in [0.15, 0.2) is 0 Å². The smallest absolute Gasteiger partial charge is 0.251 e. The molecule has 6 heteroatoms. The van der Waals surface area contributed by atoms with Gasteiger partial charge in [0, 0.05) is 5.56 Å². The molecule has 30 heavy (non-hydrogen) atoms.